The molecule has 1 aliphatic heterocycles. The minimum absolute atomic E-state index is 0.00101. The van der Waals surface area contributed by atoms with Crippen LogP contribution in [0.5, 0.6) is 0 Å². The van der Waals surface area contributed by atoms with Gasteiger partial charge in [0, 0.05) is 24.8 Å². The summed E-state index contributed by atoms with van der Waals surface area (Å²) >= 11 is 5.83. The summed E-state index contributed by atoms with van der Waals surface area (Å²) in [5.74, 6) is -0.592. The van der Waals surface area contributed by atoms with Crippen molar-refractivity contribution in [2.45, 2.75) is 52.0 Å². The lowest BCUT2D eigenvalue weighted by molar-refractivity contribution is -0.136. The molecule has 2 unspecified atom stereocenters. The van der Waals surface area contributed by atoms with Crippen LogP contribution in [0.3, 0.4) is 0 Å². The van der Waals surface area contributed by atoms with E-state index in [0.717, 1.165) is 5.56 Å². The first kappa shape index (κ1) is 24.7. The first-order chi connectivity index (χ1) is 15.5. The number of amides is 3. The molecule has 3 amide bonds. The fraction of sp³-hybridized carbons (Fsp3) is 0.440. The van der Waals surface area contributed by atoms with Gasteiger partial charge in [-0.15, -0.1) is 0 Å². The maximum atomic E-state index is 13.0. The highest BCUT2D eigenvalue weighted by atomic mass is 35.5. The number of halogens is 1. The molecule has 8 heteroatoms. The standard InChI is InChI=1S/C25H31ClN4O3/c1-16(28-22(31)17-7-9-19(10-8-17)25(2,3)4)24(33)30-13-5-6-18(15-30)23(32)29-21-12-11-20(26)14-27-21/h7-12,14,16,18H,5-6,13,15H2,1-4H3,(H,28,31)(H,27,29,32). The van der Waals surface area contributed by atoms with E-state index < -0.39 is 6.04 Å². The van der Waals surface area contributed by atoms with E-state index in [1.165, 1.54) is 6.20 Å². The SMILES string of the molecule is CC(NC(=O)c1ccc(C(C)(C)C)cc1)C(=O)N1CCCC(C(=O)Nc2ccc(Cl)cn2)C1. The van der Waals surface area contributed by atoms with E-state index in [-0.39, 0.29) is 29.1 Å². The minimum atomic E-state index is -0.695. The zero-order valence-corrected chi connectivity index (χ0v) is 20.3. The van der Waals surface area contributed by atoms with Gasteiger partial charge in [-0.05, 0) is 55.0 Å². The number of likely N-dealkylation sites (tertiary alicyclic amines) is 1. The predicted octanol–water partition coefficient (Wildman–Crippen LogP) is 4.03. The van der Waals surface area contributed by atoms with E-state index >= 15 is 0 Å². The number of hydrogen-bond donors (Lipinski definition) is 2. The molecule has 2 aromatic rings. The molecule has 33 heavy (non-hydrogen) atoms. The minimum Gasteiger partial charge on any atom is -0.341 e. The van der Waals surface area contributed by atoms with E-state index in [1.54, 1.807) is 36.1 Å². The van der Waals surface area contributed by atoms with Crippen LogP contribution in [0, 0.1) is 5.92 Å². The fourth-order valence-electron chi connectivity index (χ4n) is 3.81. The normalized spacial score (nSPS) is 17.2. The molecular weight excluding hydrogens is 440 g/mol. The van der Waals surface area contributed by atoms with Crippen LogP contribution in [0.25, 0.3) is 0 Å². The van der Waals surface area contributed by atoms with Gasteiger partial charge in [0.15, 0.2) is 0 Å². The molecule has 2 atom stereocenters. The summed E-state index contributed by atoms with van der Waals surface area (Å²) in [6.07, 6.45) is 2.87. The molecule has 7 nitrogen and oxygen atoms in total. The number of piperidine rings is 1. The summed E-state index contributed by atoms with van der Waals surface area (Å²) in [7, 11) is 0. The quantitative estimate of drug-likeness (QED) is 0.690. The van der Waals surface area contributed by atoms with Crippen LogP contribution in [-0.2, 0) is 15.0 Å². The number of benzene rings is 1. The Balaban J connectivity index is 1.56. The third kappa shape index (κ3) is 6.54. The van der Waals surface area contributed by atoms with E-state index in [0.29, 0.717) is 42.3 Å². The number of nitrogens with zero attached hydrogens (tertiary/aromatic N) is 2. The number of pyridine rings is 1. The smallest absolute Gasteiger partial charge is 0.251 e. The Kier molecular flexibility index (Phi) is 7.74. The Morgan fingerprint density at radius 1 is 1.12 bits per heavy atom. The van der Waals surface area contributed by atoms with E-state index in [1.807, 2.05) is 12.1 Å². The van der Waals surface area contributed by atoms with Crippen LogP contribution in [0.15, 0.2) is 42.6 Å². The van der Waals surface area contributed by atoms with Crippen molar-refractivity contribution in [1.82, 2.24) is 15.2 Å². The Morgan fingerprint density at radius 2 is 1.82 bits per heavy atom. The summed E-state index contributed by atoms with van der Waals surface area (Å²) in [4.78, 5) is 44.0. The van der Waals surface area contributed by atoms with Gasteiger partial charge < -0.3 is 15.5 Å². The number of hydrogen-bond acceptors (Lipinski definition) is 4. The Morgan fingerprint density at radius 3 is 2.42 bits per heavy atom. The topological polar surface area (TPSA) is 91.4 Å². The average Bonchev–Trinajstić information content (AvgIpc) is 2.79. The first-order valence-electron chi connectivity index (χ1n) is 11.2. The molecule has 176 valence electrons. The van der Waals surface area contributed by atoms with E-state index in [9.17, 15) is 14.4 Å². The molecule has 0 bridgehead atoms. The zero-order chi connectivity index (χ0) is 24.2. The highest BCUT2D eigenvalue weighted by molar-refractivity contribution is 6.30. The maximum absolute atomic E-state index is 13.0. The lowest BCUT2D eigenvalue weighted by atomic mass is 9.86. The molecule has 2 heterocycles. The van der Waals surface area contributed by atoms with Gasteiger partial charge in [0.1, 0.15) is 11.9 Å². The number of nitrogens with one attached hydrogen (secondary N) is 2. The monoisotopic (exact) mass is 470 g/mol. The summed E-state index contributed by atoms with van der Waals surface area (Å²) in [6.45, 7) is 8.87. The van der Waals surface area contributed by atoms with Crippen LogP contribution < -0.4 is 10.6 Å². The number of aromatic nitrogens is 1. The van der Waals surface area contributed by atoms with Crippen LogP contribution >= 0.6 is 11.6 Å². The molecule has 0 spiro atoms. The molecule has 1 aliphatic rings. The molecule has 1 saturated heterocycles. The van der Waals surface area contributed by atoms with Gasteiger partial charge in [-0.3, -0.25) is 14.4 Å². The average molecular weight is 471 g/mol. The van der Waals surface area contributed by atoms with Crippen molar-refractivity contribution in [3.8, 4) is 0 Å². The number of carbonyl (C=O) groups is 3. The third-order valence-electron chi connectivity index (χ3n) is 5.81. The van der Waals surface area contributed by atoms with E-state index in [2.05, 4.69) is 36.4 Å². The molecule has 3 rings (SSSR count). The van der Waals surface area contributed by atoms with Gasteiger partial charge >= 0.3 is 0 Å². The lowest BCUT2D eigenvalue weighted by Gasteiger charge is -2.33. The van der Waals surface area contributed by atoms with E-state index in [4.69, 9.17) is 11.6 Å². The van der Waals surface area contributed by atoms with Gasteiger partial charge in [0.05, 0.1) is 10.9 Å². The highest BCUT2D eigenvalue weighted by Crippen LogP contribution is 2.22. The van der Waals surface area contributed by atoms with Gasteiger partial charge in [-0.25, -0.2) is 4.98 Å². The van der Waals surface area contributed by atoms with Crippen molar-refractivity contribution in [2.75, 3.05) is 18.4 Å². The summed E-state index contributed by atoms with van der Waals surface area (Å²) in [5.41, 5.74) is 1.64. The van der Waals surface area contributed by atoms with Gasteiger partial charge in [0.2, 0.25) is 11.8 Å². The van der Waals surface area contributed by atoms with Crippen molar-refractivity contribution in [3.63, 3.8) is 0 Å². The molecule has 2 N–H and O–H groups in total. The van der Waals surface area contributed by atoms with Crippen LogP contribution in [0.2, 0.25) is 5.02 Å². The first-order valence-corrected chi connectivity index (χ1v) is 11.5. The van der Waals surface area contributed by atoms with Crippen molar-refractivity contribution < 1.29 is 14.4 Å². The second-order valence-corrected chi connectivity index (χ2v) is 9.93. The highest BCUT2D eigenvalue weighted by Gasteiger charge is 2.31. The van der Waals surface area contributed by atoms with Crippen molar-refractivity contribution in [2.24, 2.45) is 5.92 Å². The summed E-state index contributed by atoms with van der Waals surface area (Å²) in [6, 6.07) is 10.0. The number of anilines is 1. The molecule has 1 fully saturated rings. The van der Waals surface area contributed by atoms with Crippen LogP contribution in [0.1, 0.15) is 56.5 Å². The molecule has 0 radical (unpaired) electrons. The van der Waals surface area contributed by atoms with Gasteiger partial charge in [0.25, 0.3) is 5.91 Å². The van der Waals surface area contributed by atoms with Crippen LogP contribution in [-0.4, -0.2) is 46.7 Å². The zero-order valence-electron chi connectivity index (χ0n) is 19.5. The van der Waals surface area contributed by atoms with Crippen molar-refractivity contribution >= 4 is 35.1 Å². The Bertz CT molecular complexity index is 1000. The summed E-state index contributed by atoms with van der Waals surface area (Å²) < 4.78 is 0. The Hall–Kier alpha value is -2.93. The molecule has 1 aromatic heterocycles. The molecule has 0 aliphatic carbocycles. The van der Waals surface area contributed by atoms with Gasteiger partial charge in [-0.2, -0.15) is 0 Å². The van der Waals surface area contributed by atoms with Gasteiger partial charge in [-0.1, -0.05) is 44.5 Å². The maximum Gasteiger partial charge on any atom is 0.251 e. The second kappa shape index (κ2) is 10.3. The van der Waals surface area contributed by atoms with Crippen molar-refractivity contribution in [1.29, 1.82) is 0 Å². The largest absolute Gasteiger partial charge is 0.341 e. The third-order valence-corrected chi connectivity index (χ3v) is 6.04. The molecule has 1 aromatic carbocycles. The lowest BCUT2D eigenvalue weighted by Crippen LogP contribution is -2.51. The fourth-order valence-corrected chi connectivity index (χ4v) is 3.92. The number of rotatable bonds is 5. The number of carbonyl (C=O) groups excluding carboxylic acids is 3. The Labute approximate surface area is 199 Å². The molecule has 0 saturated carbocycles. The second-order valence-electron chi connectivity index (χ2n) is 9.50. The predicted molar refractivity (Wildman–Crippen MR) is 129 cm³/mol. The van der Waals surface area contributed by atoms with Crippen LogP contribution in [0.4, 0.5) is 5.82 Å². The summed E-state index contributed by atoms with van der Waals surface area (Å²) in [5, 5.41) is 6.06. The molecular formula is C25H31ClN4O3. The van der Waals surface area contributed by atoms with Crippen molar-refractivity contribution in [3.05, 3.63) is 58.7 Å².